The van der Waals surface area contributed by atoms with Crippen LogP contribution < -0.4 is 10.1 Å². The lowest BCUT2D eigenvalue weighted by Crippen LogP contribution is -2.15. The first-order valence-corrected chi connectivity index (χ1v) is 8.59. The molecule has 0 saturated carbocycles. The number of rotatable bonds is 4. The molecule has 0 bridgehead atoms. The second-order valence-corrected chi connectivity index (χ2v) is 6.83. The number of benzene rings is 1. The van der Waals surface area contributed by atoms with Crippen LogP contribution in [-0.4, -0.2) is 28.0 Å². The number of nitrogens with one attached hydrogen (secondary N) is 1. The largest absolute Gasteiger partial charge is 0.497 e. The maximum absolute atomic E-state index is 12.4. The molecular formula is C17H15ClN4O2S. The third-order valence-corrected chi connectivity index (χ3v) is 4.62. The summed E-state index contributed by atoms with van der Waals surface area (Å²) in [6, 6.07) is 7.60. The first-order valence-electron chi connectivity index (χ1n) is 7.40. The van der Waals surface area contributed by atoms with Crippen LogP contribution in [0.15, 0.2) is 30.5 Å². The van der Waals surface area contributed by atoms with E-state index in [2.05, 4.69) is 20.3 Å². The minimum absolute atomic E-state index is 0.132. The highest BCUT2D eigenvalue weighted by Gasteiger charge is 2.17. The fraction of sp³-hybridized carbons (Fsp3) is 0.176. The lowest BCUT2D eigenvalue weighted by Gasteiger charge is -2.03. The van der Waals surface area contributed by atoms with Gasteiger partial charge in [0.15, 0.2) is 10.8 Å². The standard InChI is InChI=1S/C17H15ClN4O2S/c1-9-14(11-4-6-12(24-3)7-5-11)21-17(25-9)22-16(23)15-13(18)8-19-10(2)20-15/h4-8H,1-3H3,(H,21,22,23). The summed E-state index contributed by atoms with van der Waals surface area (Å²) < 4.78 is 5.16. The summed E-state index contributed by atoms with van der Waals surface area (Å²) in [4.78, 5) is 25.9. The molecule has 0 aliphatic rings. The third-order valence-electron chi connectivity index (χ3n) is 3.46. The fourth-order valence-electron chi connectivity index (χ4n) is 2.24. The molecule has 2 aromatic heterocycles. The fourth-order valence-corrected chi connectivity index (χ4v) is 3.25. The van der Waals surface area contributed by atoms with Gasteiger partial charge in [-0.15, -0.1) is 11.3 Å². The van der Waals surface area contributed by atoms with Crippen LogP contribution in [0.5, 0.6) is 5.75 Å². The first-order chi connectivity index (χ1) is 12.0. The molecule has 25 heavy (non-hydrogen) atoms. The molecule has 1 aromatic carbocycles. The monoisotopic (exact) mass is 374 g/mol. The molecule has 1 amide bonds. The second kappa shape index (κ2) is 7.16. The van der Waals surface area contributed by atoms with E-state index in [9.17, 15) is 4.79 Å². The lowest BCUT2D eigenvalue weighted by molar-refractivity contribution is 0.102. The van der Waals surface area contributed by atoms with Gasteiger partial charge < -0.3 is 4.74 Å². The van der Waals surface area contributed by atoms with Crippen LogP contribution in [0.3, 0.4) is 0 Å². The summed E-state index contributed by atoms with van der Waals surface area (Å²) in [6.45, 7) is 3.65. The molecular weight excluding hydrogens is 360 g/mol. The van der Waals surface area contributed by atoms with Gasteiger partial charge in [0.05, 0.1) is 24.0 Å². The molecule has 0 fully saturated rings. The Morgan fingerprint density at radius 3 is 2.60 bits per heavy atom. The Hall–Kier alpha value is -2.51. The number of hydrogen-bond donors (Lipinski definition) is 1. The predicted octanol–water partition coefficient (Wildman–Crippen LogP) is 4.13. The summed E-state index contributed by atoms with van der Waals surface area (Å²) in [7, 11) is 1.62. The van der Waals surface area contributed by atoms with Crippen LogP contribution >= 0.6 is 22.9 Å². The zero-order valence-corrected chi connectivity index (χ0v) is 15.4. The van der Waals surface area contributed by atoms with E-state index in [0.29, 0.717) is 11.0 Å². The number of amides is 1. The van der Waals surface area contributed by atoms with Crippen LogP contribution in [0.4, 0.5) is 5.13 Å². The van der Waals surface area contributed by atoms with Crippen molar-refractivity contribution in [1.82, 2.24) is 15.0 Å². The van der Waals surface area contributed by atoms with Gasteiger partial charge in [-0.1, -0.05) is 11.6 Å². The molecule has 0 aliphatic carbocycles. The quantitative estimate of drug-likeness (QED) is 0.742. The Labute approximate surface area is 153 Å². The molecule has 2 heterocycles. The maximum atomic E-state index is 12.4. The maximum Gasteiger partial charge on any atom is 0.277 e. The van der Waals surface area contributed by atoms with E-state index in [1.54, 1.807) is 14.0 Å². The Morgan fingerprint density at radius 2 is 1.92 bits per heavy atom. The number of thiazole rings is 1. The van der Waals surface area contributed by atoms with Gasteiger partial charge in [0, 0.05) is 10.4 Å². The highest BCUT2D eigenvalue weighted by atomic mass is 35.5. The molecule has 1 N–H and O–H groups in total. The van der Waals surface area contributed by atoms with Crippen LogP contribution in [0.2, 0.25) is 5.02 Å². The van der Waals surface area contributed by atoms with Crippen molar-refractivity contribution in [1.29, 1.82) is 0 Å². The lowest BCUT2D eigenvalue weighted by atomic mass is 10.1. The van der Waals surface area contributed by atoms with Gasteiger partial charge in [-0.25, -0.2) is 15.0 Å². The van der Waals surface area contributed by atoms with E-state index in [0.717, 1.165) is 21.9 Å². The molecule has 0 atom stereocenters. The van der Waals surface area contributed by atoms with Crippen molar-refractivity contribution in [3.05, 3.63) is 51.9 Å². The molecule has 0 unspecified atom stereocenters. The van der Waals surface area contributed by atoms with Crippen LogP contribution in [0.25, 0.3) is 11.3 Å². The van der Waals surface area contributed by atoms with Gasteiger partial charge in [-0.2, -0.15) is 0 Å². The van der Waals surface area contributed by atoms with Crippen molar-refractivity contribution >= 4 is 34.0 Å². The van der Waals surface area contributed by atoms with Crippen molar-refractivity contribution in [2.24, 2.45) is 0 Å². The SMILES string of the molecule is COc1ccc(-c2nc(NC(=O)c3nc(C)ncc3Cl)sc2C)cc1. The second-order valence-electron chi connectivity index (χ2n) is 5.22. The van der Waals surface area contributed by atoms with Crippen molar-refractivity contribution in [3.8, 4) is 17.0 Å². The number of hydrogen-bond acceptors (Lipinski definition) is 6. The molecule has 6 nitrogen and oxygen atoms in total. The molecule has 0 radical (unpaired) electrons. The number of aryl methyl sites for hydroxylation is 2. The number of nitrogens with zero attached hydrogens (tertiary/aromatic N) is 3. The zero-order chi connectivity index (χ0) is 18.0. The number of aromatic nitrogens is 3. The minimum Gasteiger partial charge on any atom is -0.497 e. The van der Waals surface area contributed by atoms with Crippen LogP contribution in [-0.2, 0) is 0 Å². The van der Waals surface area contributed by atoms with E-state index < -0.39 is 5.91 Å². The van der Waals surface area contributed by atoms with Gasteiger partial charge in [-0.05, 0) is 38.1 Å². The average Bonchev–Trinajstić information content (AvgIpc) is 2.97. The summed E-state index contributed by atoms with van der Waals surface area (Å²) in [5.74, 6) is 0.841. The molecule has 0 saturated heterocycles. The van der Waals surface area contributed by atoms with E-state index in [1.807, 2.05) is 31.2 Å². The van der Waals surface area contributed by atoms with Gasteiger partial charge in [0.2, 0.25) is 0 Å². The molecule has 128 valence electrons. The molecule has 0 spiro atoms. The highest BCUT2D eigenvalue weighted by molar-refractivity contribution is 7.16. The minimum atomic E-state index is -0.412. The summed E-state index contributed by atoms with van der Waals surface area (Å²) in [6.07, 6.45) is 1.41. The van der Waals surface area contributed by atoms with Crippen LogP contribution in [0, 0.1) is 13.8 Å². The van der Waals surface area contributed by atoms with Crippen LogP contribution in [0.1, 0.15) is 21.2 Å². The van der Waals surface area contributed by atoms with Crippen molar-refractivity contribution < 1.29 is 9.53 Å². The molecule has 3 aromatic rings. The molecule has 8 heteroatoms. The number of anilines is 1. The number of ether oxygens (including phenoxy) is 1. The van der Waals surface area contributed by atoms with E-state index in [1.165, 1.54) is 17.5 Å². The zero-order valence-electron chi connectivity index (χ0n) is 13.8. The molecule has 0 aliphatic heterocycles. The van der Waals surface area contributed by atoms with E-state index in [4.69, 9.17) is 16.3 Å². The number of methoxy groups -OCH3 is 1. The number of carbonyl (C=O) groups excluding carboxylic acids is 1. The van der Waals surface area contributed by atoms with Crippen molar-refractivity contribution in [2.75, 3.05) is 12.4 Å². The van der Waals surface area contributed by atoms with E-state index in [-0.39, 0.29) is 10.7 Å². The number of carbonyl (C=O) groups is 1. The summed E-state index contributed by atoms with van der Waals surface area (Å²) in [5.41, 5.74) is 1.90. The Balaban J connectivity index is 1.84. The van der Waals surface area contributed by atoms with Gasteiger partial charge in [0.1, 0.15) is 11.6 Å². The smallest absolute Gasteiger partial charge is 0.277 e. The summed E-state index contributed by atoms with van der Waals surface area (Å²) >= 11 is 7.39. The van der Waals surface area contributed by atoms with E-state index >= 15 is 0 Å². The first kappa shape index (κ1) is 17.3. The van der Waals surface area contributed by atoms with Gasteiger partial charge in [0.25, 0.3) is 5.91 Å². The summed E-state index contributed by atoms with van der Waals surface area (Å²) in [5, 5.41) is 3.44. The van der Waals surface area contributed by atoms with Gasteiger partial charge >= 0.3 is 0 Å². The van der Waals surface area contributed by atoms with Gasteiger partial charge in [-0.3, -0.25) is 10.1 Å². The predicted molar refractivity (Wildman–Crippen MR) is 98.6 cm³/mol. The normalized spacial score (nSPS) is 10.6. The van der Waals surface area contributed by atoms with Crippen molar-refractivity contribution in [3.63, 3.8) is 0 Å². The Kier molecular flexibility index (Phi) is 4.96. The Bertz CT molecular complexity index is 925. The Morgan fingerprint density at radius 1 is 1.20 bits per heavy atom. The topological polar surface area (TPSA) is 77.0 Å². The van der Waals surface area contributed by atoms with Crippen molar-refractivity contribution in [2.45, 2.75) is 13.8 Å². The third kappa shape index (κ3) is 3.78. The molecule has 3 rings (SSSR count). The number of halogens is 1. The average molecular weight is 375 g/mol. The highest BCUT2D eigenvalue weighted by Crippen LogP contribution is 2.31.